The van der Waals surface area contributed by atoms with Crippen molar-refractivity contribution in [2.24, 2.45) is 0 Å². The molecule has 0 aliphatic rings. The fourth-order valence-corrected chi connectivity index (χ4v) is 11.0. The Hall–Kier alpha value is -3.79. The zero-order valence-electron chi connectivity index (χ0n) is 58.1. The summed E-state index contributed by atoms with van der Waals surface area (Å²) in [6, 6.07) is 0. The minimum absolute atomic E-state index is 0.0833. The Morgan fingerprint density at radius 3 is 0.903 bits per heavy atom. The normalized spacial score (nSPS) is 14.8. The van der Waals surface area contributed by atoms with Crippen molar-refractivity contribution in [2.75, 3.05) is 39.6 Å². The molecule has 0 aromatic heterocycles. The van der Waals surface area contributed by atoms with E-state index in [1.165, 1.54) is 89.9 Å². The zero-order valence-corrected chi connectivity index (χ0v) is 59.9. The number of carbonyl (C=O) groups excluding carboxylic acids is 3. The van der Waals surface area contributed by atoms with Crippen molar-refractivity contribution in [3.63, 3.8) is 0 Å². The molecule has 5 atom stereocenters. The van der Waals surface area contributed by atoms with E-state index in [4.69, 9.17) is 32.3 Å². The van der Waals surface area contributed by atoms with Crippen LogP contribution in [0.5, 0.6) is 0 Å². The molecule has 18 heteroatoms. The number of hydrogen-bond donors (Lipinski definition) is 4. The molecule has 0 spiro atoms. The first kappa shape index (κ1) is 89.2. The lowest BCUT2D eigenvalue weighted by Gasteiger charge is -2.21. The zero-order chi connectivity index (χ0) is 68.1. The highest BCUT2D eigenvalue weighted by atomic mass is 31.2. The molecule has 0 saturated heterocycles. The number of phosphoric acid groups is 2. The maximum atomic E-state index is 12.9. The van der Waals surface area contributed by atoms with E-state index >= 15 is 0 Å². The van der Waals surface area contributed by atoms with Gasteiger partial charge in [-0.05, 0) is 128 Å². The van der Waals surface area contributed by atoms with Gasteiger partial charge in [-0.2, -0.15) is 0 Å². The topological polar surface area (TPSA) is 231 Å². The van der Waals surface area contributed by atoms with Crippen LogP contribution >= 0.6 is 15.6 Å². The highest BCUT2D eigenvalue weighted by Crippen LogP contribution is 2.45. The van der Waals surface area contributed by atoms with Gasteiger partial charge in [0.05, 0.1) is 26.4 Å². The van der Waals surface area contributed by atoms with Gasteiger partial charge in [-0.1, -0.05) is 252 Å². The second-order valence-electron chi connectivity index (χ2n) is 24.0. The van der Waals surface area contributed by atoms with E-state index in [1.807, 2.05) is 0 Å². The molecule has 536 valence electrons. The molecule has 0 bridgehead atoms. The van der Waals surface area contributed by atoms with E-state index in [1.54, 1.807) is 0 Å². The molecule has 0 aromatic carbocycles. The van der Waals surface area contributed by atoms with Crippen LogP contribution in [-0.4, -0.2) is 95.9 Å². The van der Waals surface area contributed by atoms with Crippen molar-refractivity contribution in [3.05, 3.63) is 109 Å². The summed E-state index contributed by atoms with van der Waals surface area (Å²) in [5, 5.41) is 20.6. The molecule has 4 N–H and O–H groups in total. The summed E-state index contributed by atoms with van der Waals surface area (Å²) in [5.41, 5.74) is 0. The Morgan fingerprint density at radius 2 is 0.570 bits per heavy atom. The van der Waals surface area contributed by atoms with Gasteiger partial charge in [-0.25, -0.2) is 9.13 Å². The number of carbonyl (C=O) groups is 3. The van der Waals surface area contributed by atoms with Crippen LogP contribution in [0.4, 0.5) is 0 Å². The van der Waals surface area contributed by atoms with Crippen LogP contribution in [-0.2, 0) is 55.8 Å². The Bertz CT molecular complexity index is 2130. The van der Waals surface area contributed by atoms with Gasteiger partial charge in [-0.15, -0.1) is 0 Å². The fourth-order valence-electron chi connectivity index (χ4n) is 9.42. The third-order valence-corrected chi connectivity index (χ3v) is 16.9. The highest BCUT2D eigenvalue weighted by molar-refractivity contribution is 7.47. The molecule has 0 rings (SSSR count). The second kappa shape index (κ2) is 68.2. The number of unbranched alkanes of at least 4 members (excludes halogenated alkanes) is 27. The number of esters is 3. The summed E-state index contributed by atoms with van der Waals surface area (Å²) in [4.78, 5) is 58.4. The number of hydrogen-bond acceptors (Lipinski definition) is 14. The number of phosphoric ester groups is 2. The maximum absolute atomic E-state index is 12.9. The fraction of sp³-hybridized carbons (Fsp3) is 0.720. The number of allylic oxidation sites excluding steroid dienone is 18. The Morgan fingerprint density at radius 1 is 0.312 bits per heavy atom. The van der Waals surface area contributed by atoms with E-state index in [9.17, 15) is 43.5 Å². The van der Waals surface area contributed by atoms with Crippen molar-refractivity contribution in [1.82, 2.24) is 0 Å². The van der Waals surface area contributed by atoms with Crippen molar-refractivity contribution >= 4 is 33.6 Å². The van der Waals surface area contributed by atoms with Gasteiger partial charge >= 0.3 is 33.6 Å². The van der Waals surface area contributed by atoms with Crippen LogP contribution in [0, 0.1) is 0 Å². The quantitative estimate of drug-likeness (QED) is 0.0146. The summed E-state index contributed by atoms with van der Waals surface area (Å²) in [6.45, 7) is 2.47. The molecule has 0 amide bonds. The Balaban J connectivity index is 4.53. The van der Waals surface area contributed by atoms with Crippen molar-refractivity contribution in [2.45, 2.75) is 309 Å². The smallest absolute Gasteiger partial charge is 0.463 e. The van der Waals surface area contributed by atoms with E-state index < -0.39 is 91.5 Å². The third kappa shape index (κ3) is 69.4. The summed E-state index contributed by atoms with van der Waals surface area (Å²) in [5.74, 6) is -1.61. The maximum Gasteiger partial charge on any atom is 0.472 e. The summed E-state index contributed by atoms with van der Waals surface area (Å²) in [7, 11) is -9.79. The average Bonchev–Trinajstić information content (AvgIpc) is 3.26. The lowest BCUT2D eigenvalue weighted by molar-refractivity contribution is -0.161. The van der Waals surface area contributed by atoms with Gasteiger partial charge in [-0.3, -0.25) is 32.5 Å². The molecule has 16 nitrogen and oxygen atoms in total. The van der Waals surface area contributed by atoms with E-state index in [0.29, 0.717) is 19.3 Å². The van der Waals surface area contributed by atoms with Crippen molar-refractivity contribution in [1.29, 1.82) is 0 Å². The molecule has 0 fully saturated rings. The standard InChI is InChI=1S/C75H130O16P2/c1-4-7-10-13-16-19-22-25-28-29-30-31-32-33-34-35-36-37-38-39-42-44-46-49-52-55-58-61-73(78)85-64-70(76)65-87-92(81,82)88-66-71(77)67-89-93(83,84)90-69-72(91-75(80)63-60-57-54-51-48-45-41-27-24-21-18-15-12-9-6-3)68-86-74(79)62-59-56-53-50-47-43-40-26-23-20-17-14-11-8-5-2/h8,11,16-21,25-28,30-31,33-34,40-41,70-72,76-77H,4-7,9-10,12-15,22-24,29,32,35-39,42-69H2,1-3H3,(H,81,82)(H,83,84)/b11-8-,19-16-,20-17-,21-18-,28-25-,31-30-,34-33-,40-26-,41-27-. The van der Waals surface area contributed by atoms with Crippen molar-refractivity contribution < 1.29 is 75.8 Å². The summed E-state index contributed by atoms with van der Waals surface area (Å²) in [6.07, 6.45) is 77.1. The van der Waals surface area contributed by atoms with Crippen LogP contribution in [0.25, 0.3) is 0 Å². The first-order valence-corrected chi connectivity index (χ1v) is 39.2. The van der Waals surface area contributed by atoms with Crippen LogP contribution in [0.15, 0.2) is 109 Å². The van der Waals surface area contributed by atoms with Crippen LogP contribution in [0.3, 0.4) is 0 Å². The molecule has 0 radical (unpaired) electrons. The highest BCUT2D eigenvalue weighted by Gasteiger charge is 2.29. The van der Waals surface area contributed by atoms with Gasteiger partial charge in [0.2, 0.25) is 0 Å². The number of aliphatic hydroxyl groups is 2. The van der Waals surface area contributed by atoms with Gasteiger partial charge in [0.1, 0.15) is 25.4 Å². The average molecular weight is 1350 g/mol. The Kier molecular flexibility index (Phi) is 65.4. The summed E-state index contributed by atoms with van der Waals surface area (Å²) < 4.78 is 60.9. The molecule has 0 heterocycles. The predicted octanol–water partition coefficient (Wildman–Crippen LogP) is 20.4. The largest absolute Gasteiger partial charge is 0.472 e. The first-order chi connectivity index (χ1) is 45.2. The molecule has 0 aromatic rings. The van der Waals surface area contributed by atoms with Crippen LogP contribution < -0.4 is 0 Å². The molecular formula is C75H130O16P2. The lowest BCUT2D eigenvalue weighted by atomic mass is 10.0. The molecule has 0 aliphatic heterocycles. The monoisotopic (exact) mass is 1350 g/mol. The van der Waals surface area contributed by atoms with Gasteiger partial charge < -0.3 is 34.2 Å². The van der Waals surface area contributed by atoms with Crippen LogP contribution in [0.1, 0.15) is 290 Å². The predicted molar refractivity (Wildman–Crippen MR) is 380 cm³/mol. The molecule has 0 aliphatic carbocycles. The van der Waals surface area contributed by atoms with Gasteiger partial charge in [0.25, 0.3) is 0 Å². The number of aliphatic hydroxyl groups excluding tert-OH is 2. The summed E-state index contributed by atoms with van der Waals surface area (Å²) >= 11 is 0. The van der Waals surface area contributed by atoms with Crippen molar-refractivity contribution in [3.8, 4) is 0 Å². The van der Waals surface area contributed by atoms with E-state index in [-0.39, 0.29) is 19.3 Å². The van der Waals surface area contributed by atoms with Gasteiger partial charge in [0.15, 0.2) is 6.10 Å². The molecule has 0 saturated carbocycles. The van der Waals surface area contributed by atoms with E-state index in [0.717, 1.165) is 141 Å². The first-order valence-electron chi connectivity index (χ1n) is 36.2. The molecule has 5 unspecified atom stereocenters. The number of ether oxygens (including phenoxy) is 3. The van der Waals surface area contributed by atoms with Gasteiger partial charge in [0, 0.05) is 19.3 Å². The molecular weight excluding hydrogens is 1220 g/mol. The third-order valence-electron chi connectivity index (χ3n) is 15.0. The Labute approximate surface area is 564 Å². The number of rotatable bonds is 68. The van der Waals surface area contributed by atoms with Crippen LogP contribution in [0.2, 0.25) is 0 Å². The molecule has 93 heavy (non-hydrogen) atoms. The minimum atomic E-state index is -4.93. The lowest BCUT2D eigenvalue weighted by Crippen LogP contribution is -2.30. The SMILES string of the molecule is CC/C=C\C/C=C\C/C=C\CCCCCCCC(=O)OCC(COP(=O)(O)OCC(O)COP(=O)(O)OCC(O)COC(=O)CCCCCCCCCCCCC/C=C\C/C=C\C/C=C\C/C=C\CCCCC)OC(=O)CCCCCCC/C=C\C/C=C\CCCCC. The minimum Gasteiger partial charge on any atom is -0.463 e. The second-order valence-corrected chi connectivity index (χ2v) is 26.9. The van der Waals surface area contributed by atoms with E-state index in [2.05, 4.69) is 130 Å².